The number of benzene rings is 1. The first kappa shape index (κ1) is 33.9. The topological polar surface area (TPSA) is 172 Å². The third-order valence-electron chi connectivity index (χ3n) is 10.2. The van der Waals surface area contributed by atoms with Crippen molar-refractivity contribution in [1.29, 1.82) is 5.26 Å². The summed E-state index contributed by atoms with van der Waals surface area (Å²) in [5, 5.41) is 11.7. The number of nitrogens with zero attached hydrogens (tertiary/aromatic N) is 3. The lowest BCUT2D eigenvalue weighted by atomic mass is 9.59. The first-order chi connectivity index (χ1) is 23.7. The Kier molecular flexibility index (Phi) is 9.33. The molecule has 49 heavy (non-hydrogen) atoms. The molecule has 6 rings (SSSR count). The first-order valence-electron chi connectivity index (χ1n) is 16.6. The van der Waals surface area contributed by atoms with Gasteiger partial charge in [0.05, 0.1) is 63.4 Å². The monoisotopic (exact) mass is 673 g/mol. The van der Waals surface area contributed by atoms with Gasteiger partial charge in [0.1, 0.15) is 16.9 Å². The van der Waals surface area contributed by atoms with Crippen LogP contribution in [0.5, 0.6) is 5.75 Å². The van der Waals surface area contributed by atoms with Crippen molar-refractivity contribution < 1.29 is 47.6 Å². The van der Waals surface area contributed by atoms with E-state index in [1.165, 1.54) is 0 Å². The Labute approximate surface area is 283 Å². The number of aliphatic imine (C=N–C) groups is 2. The van der Waals surface area contributed by atoms with Crippen LogP contribution in [-0.2, 0) is 48.5 Å². The Balaban J connectivity index is 1.78. The van der Waals surface area contributed by atoms with E-state index in [0.29, 0.717) is 25.7 Å². The van der Waals surface area contributed by atoms with E-state index in [1.807, 2.05) is 0 Å². The highest BCUT2D eigenvalue weighted by atomic mass is 16.6. The van der Waals surface area contributed by atoms with Crippen molar-refractivity contribution in [3.63, 3.8) is 0 Å². The number of hydrogen-bond acceptors (Lipinski definition) is 13. The fourth-order valence-electron chi connectivity index (χ4n) is 7.98. The fraction of sp³-hybridized carbons (Fsp3) is 0.528. The lowest BCUT2D eigenvalue weighted by Crippen LogP contribution is -2.62. The van der Waals surface area contributed by atoms with Gasteiger partial charge in [0.15, 0.2) is 11.5 Å². The van der Waals surface area contributed by atoms with Gasteiger partial charge in [-0.25, -0.2) is 24.2 Å². The summed E-state index contributed by atoms with van der Waals surface area (Å²) in [7, 11) is 4.58. The molecule has 2 saturated carbocycles. The Morgan fingerprint density at radius 3 is 1.88 bits per heavy atom. The van der Waals surface area contributed by atoms with Gasteiger partial charge >= 0.3 is 23.9 Å². The molecule has 3 aliphatic carbocycles. The molecule has 1 spiro atoms. The molecular weight excluding hydrogens is 634 g/mol. The maximum absolute atomic E-state index is 14.2. The molecule has 2 heterocycles. The molecule has 5 aliphatic rings. The Morgan fingerprint density at radius 1 is 0.755 bits per heavy atom. The molecule has 0 amide bonds. The lowest BCUT2D eigenvalue weighted by molar-refractivity contribution is -0.143. The average molecular weight is 674 g/mol. The van der Waals surface area contributed by atoms with Gasteiger partial charge in [-0.3, -0.25) is 4.99 Å². The van der Waals surface area contributed by atoms with Crippen LogP contribution in [0.25, 0.3) is 0 Å². The van der Waals surface area contributed by atoms with Crippen molar-refractivity contribution >= 4 is 35.5 Å². The van der Waals surface area contributed by atoms with Crippen LogP contribution in [0.1, 0.15) is 69.8 Å². The third-order valence-corrected chi connectivity index (χ3v) is 10.2. The maximum atomic E-state index is 14.2. The van der Waals surface area contributed by atoms with Crippen LogP contribution >= 0.6 is 0 Å². The van der Waals surface area contributed by atoms with Crippen molar-refractivity contribution in [1.82, 2.24) is 0 Å². The molecule has 1 aromatic rings. The van der Waals surface area contributed by atoms with Crippen LogP contribution in [0.2, 0.25) is 0 Å². The fourth-order valence-corrected chi connectivity index (χ4v) is 7.98. The molecule has 258 valence electrons. The van der Waals surface area contributed by atoms with Gasteiger partial charge in [0.2, 0.25) is 11.5 Å². The zero-order valence-corrected chi connectivity index (χ0v) is 28.0. The van der Waals surface area contributed by atoms with Crippen LogP contribution in [-0.4, -0.2) is 82.1 Å². The van der Waals surface area contributed by atoms with Gasteiger partial charge < -0.3 is 28.4 Å². The summed E-state index contributed by atoms with van der Waals surface area (Å²) in [6.45, 7) is 0. The van der Waals surface area contributed by atoms with Gasteiger partial charge in [-0.15, -0.1) is 0 Å². The number of nitriles is 1. The van der Waals surface area contributed by atoms with E-state index in [0.717, 1.165) is 67.0 Å². The second-order valence-corrected chi connectivity index (χ2v) is 12.7. The summed E-state index contributed by atoms with van der Waals surface area (Å²) in [6.07, 6.45) is 6.62. The minimum Gasteiger partial charge on any atom is -0.483 e. The Bertz CT molecular complexity index is 1740. The van der Waals surface area contributed by atoms with E-state index in [2.05, 4.69) is 6.07 Å². The van der Waals surface area contributed by atoms with Crippen LogP contribution in [0.4, 0.5) is 0 Å². The molecule has 0 saturated heterocycles. The van der Waals surface area contributed by atoms with Gasteiger partial charge in [0, 0.05) is 5.56 Å². The van der Waals surface area contributed by atoms with Gasteiger partial charge in [-0.2, -0.15) is 5.26 Å². The lowest BCUT2D eigenvalue weighted by Gasteiger charge is -2.49. The maximum Gasteiger partial charge on any atom is 0.344 e. The van der Waals surface area contributed by atoms with E-state index in [4.69, 9.17) is 38.4 Å². The summed E-state index contributed by atoms with van der Waals surface area (Å²) >= 11 is 0. The highest BCUT2D eigenvalue weighted by molar-refractivity contribution is 6.32. The Morgan fingerprint density at radius 2 is 1.31 bits per heavy atom. The summed E-state index contributed by atoms with van der Waals surface area (Å²) < 4.78 is 34.3. The van der Waals surface area contributed by atoms with E-state index >= 15 is 0 Å². The molecule has 13 nitrogen and oxygen atoms in total. The summed E-state index contributed by atoms with van der Waals surface area (Å²) in [5.41, 5.74) is -5.95. The quantitative estimate of drug-likeness (QED) is 0.316. The Hall–Kier alpha value is -4.99. The van der Waals surface area contributed by atoms with Crippen LogP contribution in [0.3, 0.4) is 0 Å². The molecular formula is C36H39N3O10. The molecule has 0 unspecified atom stereocenters. The molecule has 13 heteroatoms. The van der Waals surface area contributed by atoms with Crippen molar-refractivity contribution in [3.8, 4) is 11.8 Å². The van der Waals surface area contributed by atoms with Gasteiger partial charge in [-0.05, 0) is 31.7 Å². The largest absolute Gasteiger partial charge is 0.483 e. The van der Waals surface area contributed by atoms with Gasteiger partial charge in [0.25, 0.3) is 0 Å². The number of hydrogen-bond donors (Lipinski definition) is 0. The SMILES string of the molecule is COC(=O)C1=C(C(=O)OC)[C@@H]2Oc3ccccc3[C@]3(OC(=NC4CCCCC4)C(C(=O)OC)=C3C(=O)OC)[C@]2(C#N)C1=NC1CCCCC1. The second kappa shape index (κ2) is 13.5. The second-order valence-electron chi connectivity index (χ2n) is 12.7. The molecule has 0 bridgehead atoms. The molecule has 3 atom stereocenters. The summed E-state index contributed by atoms with van der Waals surface area (Å²) in [6, 6.07) is 8.21. The molecule has 1 aromatic carbocycles. The highest BCUT2D eigenvalue weighted by Crippen LogP contribution is 2.65. The summed E-state index contributed by atoms with van der Waals surface area (Å²) in [4.78, 5) is 65.6. The normalized spacial score (nSPS) is 28.3. The minimum atomic E-state index is -2.29. The number of fused-ring (bicyclic) bond motifs is 4. The molecule has 0 N–H and O–H groups in total. The van der Waals surface area contributed by atoms with E-state index < -0.39 is 41.0 Å². The zero-order chi connectivity index (χ0) is 34.9. The molecule has 2 aliphatic heterocycles. The van der Waals surface area contributed by atoms with Crippen LogP contribution in [0, 0.1) is 16.7 Å². The molecule has 0 radical (unpaired) electrons. The molecule has 2 fully saturated rings. The summed E-state index contributed by atoms with van der Waals surface area (Å²) in [5.74, 6) is -3.99. The predicted molar refractivity (Wildman–Crippen MR) is 172 cm³/mol. The van der Waals surface area contributed by atoms with E-state index in [1.54, 1.807) is 24.3 Å². The molecule has 0 aromatic heterocycles. The van der Waals surface area contributed by atoms with Crippen molar-refractivity contribution in [2.45, 2.75) is 88.0 Å². The number of carbonyl (C=O) groups excluding carboxylic acids is 4. The standard InChI is InChI=1S/C36H39N3O10/c1-44-31(40)24-25(32(41)45-2)29-35(19-37,28(24)38-20-13-7-5-8-14-20)36(22-17-11-12-18-23(22)48-29)27(34(43)47-4)26(33(42)46-3)30(49-36)39-21-15-9-6-10-16-21/h11-12,17-18,20-21,29H,5-10,13-16H2,1-4H3/t29-,35+,36+/m0/s1. The van der Waals surface area contributed by atoms with Crippen molar-refractivity contribution in [2.75, 3.05) is 28.4 Å². The zero-order valence-electron chi connectivity index (χ0n) is 28.0. The van der Waals surface area contributed by atoms with E-state index in [-0.39, 0.29) is 57.3 Å². The number of carbonyl (C=O) groups is 4. The number of ether oxygens (including phenoxy) is 6. The van der Waals surface area contributed by atoms with Crippen LogP contribution in [0.15, 0.2) is 56.5 Å². The highest BCUT2D eigenvalue weighted by Gasteiger charge is 2.78. The number of esters is 4. The smallest absolute Gasteiger partial charge is 0.344 e. The number of rotatable bonds is 6. The predicted octanol–water partition coefficient (Wildman–Crippen LogP) is 3.99. The van der Waals surface area contributed by atoms with Crippen molar-refractivity contribution in [2.24, 2.45) is 15.4 Å². The average Bonchev–Trinajstić information content (AvgIpc) is 3.62. The first-order valence-corrected chi connectivity index (χ1v) is 16.6. The number of methoxy groups -OCH3 is 4. The number of para-hydroxylation sites is 1. The van der Waals surface area contributed by atoms with Crippen molar-refractivity contribution in [3.05, 3.63) is 52.1 Å². The minimum absolute atomic E-state index is 0.118. The van der Waals surface area contributed by atoms with Crippen LogP contribution < -0.4 is 4.74 Å². The van der Waals surface area contributed by atoms with Gasteiger partial charge in [-0.1, -0.05) is 56.7 Å². The third kappa shape index (κ3) is 5.11. The van der Waals surface area contributed by atoms with E-state index in [9.17, 15) is 24.4 Å².